The number of anilines is 1. The van der Waals surface area contributed by atoms with Crippen molar-refractivity contribution in [3.8, 4) is 41.2 Å². The Morgan fingerprint density at radius 1 is 1.14 bits per heavy atom. The van der Waals surface area contributed by atoms with Gasteiger partial charge in [0.15, 0.2) is 5.82 Å². The van der Waals surface area contributed by atoms with Gasteiger partial charge < -0.3 is 29.0 Å². The average Bonchev–Trinajstić information content (AvgIpc) is 3.58. The number of nitrogens with zero attached hydrogens (tertiary/aromatic N) is 4. The molecule has 9 nitrogen and oxygen atoms in total. The first-order valence-electron chi connectivity index (χ1n) is 14.0. The van der Waals surface area contributed by atoms with Crippen LogP contribution < -0.4 is 14.4 Å². The number of hydrogen-bond donors (Lipinski definition) is 1. The first-order chi connectivity index (χ1) is 20.4. The minimum atomic E-state index is -0.790. The Labute approximate surface area is 239 Å². The fourth-order valence-electron chi connectivity index (χ4n) is 6.69. The van der Waals surface area contributed by atoms with E-state index in [1.165, 1.54) is 24.3 Å². The Morgan fingerprint density at radius 3 is 2.83 bits per heavy atom. The second-order valence-corrected chi connectivity index (χ2v) is 11.5. The summed E-state index contributed by atoms with van der Waals surface area (Å²) in [6.45, 7) is 2.77. The van der Waals surface area contributed by atoms with E-state index in [-0.39, 0.29) is 62.9 Å². The monoisotopic (exact) mass is 572 g/mol. The second-order valence-electron chi connectivity index (χ2n) is 11.5. The minimum Gasteiger partial charge on any atom is -0.508 e. The summed E-state index contributed by atoms with van der Waals surface area (Å²) in [6, 6.07) is 5.45. The third-order valence-corrected chi connectivity index (χ3v) is 8.81. The Kier molecular flexibility index (Phi) is 5.68. The Morgan fingerprint density at radius 2 is 2.02 bits per heavy atom. The average molecular weight is 573 g/mol. The van der Waals surface area contributed by atoms with Crippen molar-refractivity contribution in [2.45, 2.75) is 31.4 Å². The van der Waals surface area contributed by atoms with Gasteiger partial charge in [-0.3, -0.25) is 0 Å². The lowest BCUT2D eigenvalue weighted by molar-refractivity contribution is 0.0777. The molecule has 6 heterocycles. The third kappa shape index (κ3) is 3.86. The van der Waals surface area contributed by atoms with Crippen molar-refractivity contribution < 1.29 is 32.8 Å². The fourth-order valence-corrected chi connectivity index (χ4v) is 6.69. The van der Waals surface area contributed by atoms with E-state index in [9.17, 15) is 9.50 Å². The smallest absolute Gasteiger partial charge is 0.319 e. The van der Waals surface area contributed by atoms with Gasteiger partial charge in [0.25, 0.3) is 0 Å². The zero-order valence-electron chi connectivity index (χ0n) is 22.5. The first-order valence-corrected chi connectivity index (χ1v) is 14.0. The molecule has 1 saturated carbocycles. The van der Waals surface area contributed by atoms with Gasteiger partial charge in [-0.1, -0.05) is 12.0 Å². The summed E-state index contributed by atoms with van der Waals surface area (Å²) in [5, 5.41) is 11.5. The van der Waals surface area contributed by atoms with Gasteiger partial charge in [0.05, 0.1) is 50.7 Å². The van der Waals surface area contributed by atoms with Gasteiger partial charge in [-0.05, 0) is 36.4 Å². The van der Waals surface area contributed by atoms with Crippen molar-refractivity contribution in [1.29, 1.82) is 0 Å². The van der Waals surface area contributed by atoms with Gasteiger partial charge >= 0.3 is 6.01 Å². The summed E-state index contributed by atoms with van der Waals surface area (Å²) in [5.74, 6) is 1.37. The molecule has 9 rings (SSSR count). The number of terminal acetylenes is 1. The molecule has 2 aromatic heterocycles. The van der Waals surface area contributed by atoms with Crippen LogP contribution in [-0.4, -0.2) is 71.8 Å². The van der Waals surface area contributed by atoms with Gasteiger partial charge in [0.2, 0.25) is 5.88 Å². The lowest BCUT2D eigenvalue weighted by atomic mass is 9.71. The zero-order valence-corrected chi connectivity index (χ0v) is 22.5. The van der Waals surface area contributed by atoms with Crippen molar-refractivity contribution in [3.05, 3.63) is 41.5 Å². The molecule has 3 saturated heterocycles. The number of halogens is 2. The first kappa shape index (κ1) is 25.4. The molecule has 0 spiro atoms. The number of morpholine rings is 1. The van der Waals surface area contributed by atoms with E-state index in [0.717, 1.165) is 12.8 Å². The SMILES string of the molecule is C#Cc1c(F)ccc2cc(O)cc(-c3nc4c5c(nc(OCC67COC(C6)C7)nc5c3F)N3CCOCC3CCO4)c12. The van der Waals surface area contributed by atoms with Crippen LogP contribution in [0.1, 0.15) is 24.8 Å². The highest BCUT2D eigenvalue weighted by atomic mass is 19.1. The van der Waals surface area contributed by atoms with Crippen molar-refractivity contribution in [2.24, 2.45) is 5.41 Å². The Balaban J connectivity index is 1.36. The molecule has 0 amide bonds. The highest BCUT2D eigenvalue weighted by Crippen LogP contribution is 2.50. The second kappa shape index (κ2) is 9.37. The quantitative estimate of drug-likeness (QED) is 0.358. The summed E-state index contributed by atoms with van der Waals surface area (Å²) in [7, 11) is 0. The van der Waals surface area contributed by atoms with E-state index in [2.05, 4.69) is 20.8 Å². The molecule has 1 unspecified atom stereocenters. The van der Waals surface area contributed by atoms with E-state index in [1.54, 1.807) is 0 Å². The number of aromatic hydroxyl groups is 1. The molecule has 1 N–H and O–H groups in total. The number of rotatable bonds is 4. The highest BCUT2D eigenvalue weighted by molar-refractivity contribution is 6.04. The maximum atomic E-state index is 16.8. The van der Waals surface area contributed by atoms with Crippen LogP contribution in [0.15, 0.2) is 24.3 Å². The summed E-state index contributed by atoms with van der Waals surface area (Å²) >= 11 is 0. The van der Waals surface area contributed by atoms with Crippen LogP contribution in [0.5, 0.6) is 17.6 Å². The van der Waals surface area contributed by atoms with Gasteiger partial charge in [0.1, 0.15) is 34.0 Å². The lowest BCUT2D eigenvalue weighted by Gasteiger charge is -2.38. The van der Waals surface area contributed by atoms with Crippen LogP contribution in [0.3, 0.4) is 0 Å². The van der Waals surface area contributed by atoms with E-state index in [1.807, 2.05) is 0 Å². The van der Waals surface area contributed by atoms with Gasteiger partial charge in [-0.15, -0.1) is 6.42 Å². The minimum absolute atomic E-state index is 0.0335. The van der Waals surface area contributed by atoms with Gasteiger partial charge in [0, 0.05) is 29.3 Å². The molecule has 2 bridgehead atoms. The van der Waals surface area contributed by atoms with Crippen LogP contribution in [0.2, 0.25) is 0 Å². The van der Waals surface area contributed by atoms with Crippen LogP contribution in [-0.2, 0) is 9.47 Å². The fraction of sp³-hybridized carbons (Fsp3) is 0.387. The normalized spacial score (nSPS) is 24.4. The zero-order chi connectivity index (χ0) is 28.6. The lowest BCUT2D eigenvalue weighted by Crippen LogP contribution is -2.47. The van der Waals surface area contributed by atoms with Crippen molar-refractivity contribution >= 4 is 27.5 Å². The van der Waals surface area contributed by atoms with Crippen molar-refractivity contribution in [3.63, 3.8) is 0 Å². The van der Waals surface area contributed by atoms with Gasteiger partial charge in [-0.2, -0.15) is 9.97 Å². The molecule has 2 aromatic carbocycles. The summed E-state index contributed by atoms with van der Waals surface area (Å²) in [6.07, 6.45) is 8.41. The maximum Gasteiger partial charge on any atom is 0.319 e. The van der Waals surface area contributed by atoms with Gasteiger partial charge in [-0.25, -0.2) is 13.8 Å². The van der Waals surface area contributed by atoms with E-state index < -0.39 is 11.6 Å². The van der Waals surface area contributed by atoms with E-state index in [0.29, 0.717) is 62.6 Å². The molecule has 1 atom stereocenters. The topological polar surface area (TPSA) is 99.1 Å². The predicted octanol–water partition coefficient (Wildman–Crippen LogP) is 4.36. The highest BCUT2D eigenvalue weighted by Gasteiger charge is 2.52. The van der Waals surface area contributed by atoms with Crippen molar-refractivity contribution in [2.75, 3.05) is 44.5 Å². The predicted molar refractivity (Wildman–Crippen MR) is 149 cm³/mol. The standard InChI is InChI=1S/C31H26F2N4O5/c1-2-20-22(32)4-3-16-9-18(38)10-21(23(16)20)26-25(33)27-24-28(36-30(35-27)42-15-31-11-19(12-31)41-14-31)37-6-8-39-13-17(37)5-7-40-29(24)34-26/h1,3-4,9-10,17,19,38H,5-8,11-15H2. The number of ether oxygens (including phenoxy) is 4. The van der Waals surface area contributed by atoms with Crippen molar-refractivity contribution in [1.82, 2.24) is 15.0 Å². The number of aromatic nitrogens is 3. The molecular weight excluding hydrogens is 546 g/mol. The summed E-state index contributed by atoms with van der Waals surface area (Å²) < 4.78 is 55.3. The molecule has 4 aromatic rings. The maximum absolute atomic E-state index is 16.8. The molecule has 5 aliphatic rings. The number of pyridine rings is 1. The summed E-state index contributed by atoms with van der Waals surface area (Å²) in [5.41, 5.74) is -0.257. The number of benzene rings is 2. The third-order valence-electron chi connectivity index (χ3n) is 8.81. The Hall–Kier alpha value is -4.27. The number of hydrogen-bond acceptors (Lipinski definition) is 9. The van der Waals surface area contributed by atoms with E-state index >= 15 is 4.39 Å². The van der Waals surface area contributed by atoms with Crippen LogP contribution >= 0.6 is 0 Å². The molecule has 0 radical (unpaired) electrons. The largest absolute Gasteiger partial charge is 0.508 e. The molecular formula is C31H26F2N4O5. The number of phenols is 1. The molecule has 214 valence electrons. The molecule has 11 heteroatoms. The Bertz CT molecular complexity index is 1810. The number of fused-ring (bicyclic) bond motifs is 4. The summed E-state index contributed by atoms with van der Waals surface area (Å²) in [4.78, 5) is 16.0. The van der Waals surface area contributed by atoms with E-state index in [4.69, 9.17) is 30.4 Å². The molecule has 42 heavy (non-hydrogen) atoms. The molecule has 4 aliphatic heterocycles. The van der Waals surface area contributed by atoms with Crippen LogP contribution in [0, 0.1) is 29.4 Å². The molecule has 1 aliphatic carbocycles. The van der Waals surface area contributed by atoms with Crippen LogP contribution in [0.25, 0.3) is 32.9 Å². The number of phenolic OH excluding ortho intramolecular Hbond substituents is 1. The van der Waals surface area contributed by atoms with Crippen LogP contribution in [0.4, 0.5) is 14.6 Å². The molecule has 4 fully saturated rings.